The number of nitrogens with zero attached hydrogens (tertiary/aromatic N) is 5. The molecule has 1 saturated heterocycles. The lowest BCUT2D eigenvalue weighted by Gasteiger charge is -2.49. The van der Waals surface area contributed by atoms with Crippen molar-refractivity contribution in [2.45, 2.75) is 130 Å². The largest absolute Gasteiger partial charge is 0.481 e. The zero-order valence-electron chi connectivity index (χ0n) is 43.4. The summed E-state index contributed by atoms with van der Waals surface area (Å²) in [5, 5.41) is 13.1. The van der Waals surface area contributed by atoms with Crippen molar-refractivity contribution in [3.8, 4) is 22.8 Å². The number of methoxy groups -OCH3 is 1. The van der Waals surface area contributed by atoms with Crippen molar-refractivity contribution >= 4 is 53.0 Å². The third-order valence-corrected chi connectivity index (χ3v) is 13.6. The molecule has 15 nitrogen and oxygen atoms in total. The number of likely N-dealkylation sites (N-methyl/N-ethyl adjacent to an activating group) is 1. The second kappa shape index (κ2) is 24.3. The highest BCUT2D eigenvalue weighted by atomic mass is 35.5. The number of imidazole rings is 1. The Morgan fingerprint density at radius 3 is 2.25 bits per heavy atom. The second-order valence-electron chi connectivity index (χ2n) is 20.8. The Kier molecular flexibility index (Phi) is 19.3. The molecule has 4 atom stereocenters. The number of hydrogen-bond donors (Lipinski definition) is 2. The third kappa shape index (κ3) is 14.9. The summed E-state index contributed by atoms with van der Waals surface area (Å²) in [6, 6.07) is 16.0. The van der Waals surface area contributed by atoms with Crippen molar-refractivity contribution in [2.75, 3.05) is 33.9 Å². The normalized spacial score (nSPS) is 16.3. The van der Waals surface area contributed by atoms with E-state index in [1.807, 2.05) is 77.4 Å². The summed E-state index contributed by atoms with van der Waals surface area (Å²) in [4.78, 5) is 76.7. The number of aliphatic carboxylic acids is 1. The van der Waals surface area contributed by atoms with Gasteiger partial charge in [-0.05, 0) is 134 Å². The molecule has 0 radical (unpaired) electrons. The van der Waals surface area contributed by atoms with Gasteiger partial charge in [-0.2, -0.15) is 0 Å². The molecule has 5 rings (SSSR count). The minimum absolute atomic E-state index is 0.0924. The van der Waals surface area contributed by atoms with Crippen LogP contribution in [0.25, 0.3) is 11.3 Å². The Bertz CT molecular complexity index is 2540. The van der Waals surface area contributed by atoms with Crippen LogP contribution in [-0.2, 0) is 55.1 Å². The van der Waals surface area contributed by atoms with Gasteiger partial charge in [0.15, 0.2) is 0 Å². The highest BCUT2D eigenvalue weighted by Crippen LogP contribution is 2.36. The topological polar surface area (TPSA) is 173 Å². The Morgan fingerprint density at radius 2 is 1.65 bits per heavy atom. The zero-order chi connectivity index (χ0) is 53.3. The van der Waals surface area contributed by atoms with E-state index in [0.717, 1.165) is 16.8 Å². The van der Waals surface area contributed by atoms with Gasteiger partial charge in [-0.15, -0.1) is 0 Å². The van der Waals surface area contributed by atoms with Gasteiger partial charge in [-0.3, -0.25) is 24.1 Å². The fraction of sp³-hybridized carbons (Fsp3) is 0.519. The number of hydrogen-bond acceptors (Lipinski definition) is 9. The van der Waals surface area contributed by atoms with Crippen molar-refractivity contribution in [3.05, 3.63) is 99.7 Å². The predicted molar refractivity (Wildman–Crippen MR) is 275 cm³/mol. The molecule has 0 saturated carbocycles. The van der Waals surface area contributed by atoms with E-state index in [0.29, 0.717) is 48.8 Å². The Hall–Kier alpha value is -5.71. The molecule has 4 aromatic rings. The van der Waals surface area contributed by atoms with Gasteiger partial charge in [0.25, 0.3) is 0 Å². The summed E-state index contributed by atoms with van der Waals surface area (Å²) in [5.41, 5.74) is 0.580. The van der Waals surface area contributed by atoms with Crippen LogP contribution in [0.3, 0.4) is 0 Å². The first-order valence-corrected chi connectivity index (χ1v) is 25.1. The van der Waals surface area contributed by atoms with Crippen molar-refractivity contribution in [2.24, 2.45) is 18.9 Å². The number of aromatic nitrogens is 2. The van der Waals surface area contributed by atoms with Crippen LogP contribution in [0.15, 0.2) is 66.9 Å². The molecule has 1 aromatic heterocycles. The summed E-state index contributed by atoms with van der Waals surface area (Å²) < 4.78 is 35.1. The van der Waals surface area contributed by atoms with Crippen LogP contribution in [0.4, 0.5) is 9.18 Å². The van der Waals surface area contributed by atoms with Crippen molar-refractivity contribution in [1.29, 1.82) is 0 Å². The quantitative estimate of drug-likeness (QED) is 0.0868. The highest BCUT2D eigenvalue weighted by molar-refractivity contribution is 6.31. The van der Waals surface area contributed by atoms with E-state index < -0.39 is 64.3 Å². The molecule has 4 amide bonds. The molecule has 0 spiro atoms. The molecule has 1 fully saturated rings. The molecule has 0 bridgehead atoms. The molecule has 0 unspecified atom stereocenters. The van der Waals surface area contributed by atoms with E-state index in [2.05, 4.69) is 10.3 Å². The molecular weight excluding hydrogens is 967 g/mol. The van der Waals surface area contributed by atoms with Crippen LogP contribution in [0.5, 0.6) is 11.5 Å². The minimum Gasteiger partial charge on any atom is -0.481 e. The van der Waals surface area contributed by atoms with E-state index in [1.54, 1.807) is 66.1 Å². The molecule has 3 aromatic carbocycles. The van der Waals surface area contributed by atoms with Gasteiger partial charge in [-0.25, -0.2) is 14.2 Å². The molecule has 72 heavy (non-hydrogen) atoms. The Balaban J connectivity index is 1.29. The van der Waals surface area contributed by atoms with E-state index in [1.165, 1.54) is 19.2 Å². The number of amides is 4. The van der Waals surface area contributed by atoms with Crippen LogP contribution in [0, 0.1) is 17.7 Å². The Labute approximate surface area is 433 Å². The monoisotopic (exact) mass is 1040 g/mol. The average Bonchev–Trinajstić information content (AvgIpc) is 3.67. The van der Waals surface area contributed by atoms with Crippen molar-refractivity contribution in [3.63, 3.8) is 0 Å². The standard InChI is InChI=1S/C54H71Cl2FN6O9/c1-12-36(26-47(64)65)49(67)62-25-13-24-54(33-62,29-35-15-19-38(55)20-16-35)61(10)50(68)43(32-70-11)59-48(66)34(2)14-23-41-42(57)27-39(56)28-45(41)71-40-21-17-37(18-22-40)44-30-58-46(60(44)9)31-63(52(3,4)5)51(69)72-53(6,7)8/h15-22,27-28,30,34,36,43H,12-14,23-26,29,31-33H2,1-11H3,(H,59,66)(H,64,65)/t34-,36-,43+,54-/m1/s1. The summed E-state index contributed by atoms with van der Waals surface area (Å²) in [6.07, 6.45) is 3.06. The van der Waals surface area contributed by atoms with Crippen LogP contribution in [0.2, 0.25) is 10.0 Å². The number of nitrogens with one attached hydrogen (secondary N) is 1. The SMILES string of the molecule is CC[C@H](CC(=O)O)C(=O)N1CCC[C@](Cc2ccc(Cl)cc2)(N(C)C(=O)[C@H](COC)NC(=O)[C@H](C)CCc2c(F)cc(Cl)cc2Oc2ccc(-c3cnc(CN(C(=O)OC(C)(C)C)C(C)(C)C)n3C)cc2)C1. The Morgan fingerprint density at radius 1 is 0.986 bits per heavy atom. The maximum atomic E-state index is 15.8. The number of carbonyl (C=O) groups is 5. The van der Waals surface area contributed by atoms with Gasteiger partial charge in [-0.1, -0.05) is 49.2 Å². The highest BCUT2D eigenvalue weighted by Gasteiger charge is 2.45. The summed E-state index contributed by atoms with van der Waals surface area (Å²) >= 11 is 12.6. The molecule has 18 heteroatoms. The number of ether oxygens (including phenoxy) is 3. The number of likely N-dealkylation sites (tertiary alicyclic amines) is 1. The molecule has 1 aliphatic rings. The van der Waals surface area contributed by atoms with Gasteiger partial charge >= 0.3 is 12.1 Å². The molecule has 0 aliphatic carbocycles. The molecule has 2 heterocycles. The number of carbonyl (C=O) groups excluding carboxylic acids is 4. The maximum Gasteiger partial charge on any atom is 0.411 e. The summed E-state index contributed by atoms with van der Waals surface area (Å²) in [7, 11) is 4.96. The number of benzene rings is 3. The number of piperidine rings is 1. The van der Waals surface area contributed by atoms with Crippen LogP contribution in [-0.4, -0.2) is 116 Å². The average molecular weight is 1040 g/mol. The number of carboxylic acids is 1. The zero-order valence-corrected chi connectivity index (χ0v) is 45.0. The molecule has 1 aliphatic heterocycles. The van der Waals surface area contributed by atoms with E-state index in [9.17, 15) is 29.1 Å². The van der Waals surface area contributed by atoms with Gasteiger partial charge in [0.2, 0.25) is 17.7 Å². The van der Waals surface area contributed by atoms with Gasteiger partial charge in [0.05, 0.1) is 37.0 Å². The second-order valence-corrected chi connectivity index (χ2v) is 21.7. The van der Waals surface area contributed by atoms with Gasteiger partial charge in [0.1, 0.15) is 34.8 Å². The lowest BCUT2D eigenvalue weighted by molar-refractivity contribution is -0.151. The first-order chi connectivity index (χ1) is 33.7. The maximum absolute atomic E-state index is 15.8. The summed E-state index contributed by atoms with van der Waals surface area (Å²) in [5.74, 6) is -2.99. The third-order valence-electron chi connectivity index (χ3n) is 13.1. The predicted octanol–water partition coefficient (Wildman–Crippen LogP) is 10.1. The van der Waals surface area contributed by atoms with E-state index >= 15 is 4.39 Å². The smallest absolute Gasteiger partial charge is 0.411 e. The van der Waals surface area contributed by atoms with Crippen LogP contribution >= 0.6 is 23.2 Å². The number of halogens is 3. The lowest BCUT2D eigenvalue weighted by atomic mass is 9.80. The molecule has 392 valence electrons. The molecular formula is C54H71Cl2FN6O9. The first kappa shape index (κ1) is 57.2. The van der Waals surface area contributed by atoms with Crippen LogP contribution < -0.4 is 10.1 Å². The van der Waals surface area contributed by atoms with E-state index in [-0.39, 0.29) is 61.2 Å². The number of rotatable bonds is 20. The van der Waals surface area contributed by atoms with Crippen LogP contribution in [0.1, 0.15) is 104 Å². The van der Waals surface area contributed by atoms with Crippen molar-refractivity contribution in [1.82, 2.24) is 29.6 Å². The fourth-order valence-corrected chi connectivity index (χ4v) is 9.26. The first-order valence-electron chi connectivity index (χ1n) is 24.3. The van der Waals surface area contributed by atoms with Gasteiger partial charge in [0, 0.05) is 72.8 Å². The fourth-order valence-electron chi connectivity index (χ4n) is 8.94. The molecule has 2 N–H and O–H groups in total. The lowest BCUT2D eigenvalue weighted by Crippen LogP contribution is -2.65. The van der Waals surface area contributed by atoms with Crippen molar-refractivity contribution < 1.29 is 47.7 Å². The number of carboxylic acid groups (broad SMARTS) is 1. The minimum atomic E-state index is -1.11. The van der Waals surface area contributed by atoms with E-state index in [4.69, 9.17) is 37.4 Å². The summed E-state index contributed by atoms with van der Waals surface area (Å²) in [6.45, 7) is 15.4. The van der Waals surface area contributed by atoms with Gasteiger partial charge < -0.3 is 39.0 Å².